The summed E-state index contributed by atoms with van der Waals surface area (Å²) < 4.78 is 37.7. The molecule has 0 aliphatic carbocycles. The Labute approximate surface area is 151 Å². The summed E-state index contributed by atoms with van der Waals surface area (Å²) in [4.78, 5) is 14.7. The van der Waals surface area contributed by atoms with Crippen molar-refractivity contribution in [1.29, 1.82) is 0 Å². The van der Waals surface area contributed by atoms with Crippen LogP contribution in [0.2, 0.25) is 0 Å². The van der Waals surface area contributed by atoms with E-state index in [1.54, 1.807) is 0 Å². The topological polar surface area (TPSA) is 44.4 Å². The zero-order valence-corrected chi connectivity index (χ0v) is 14.6. The predicted molar refractivity (Wildman–Crippen MR) is 95.0 cm³/mol. The number of rotatable bonds is 4. The molecule has 2 amide bonds. The van der Waals surface area contributed by atoms with Crippen LogP contribution in [-0.2, 0) is 6.18 Å². The van der Waals surface area contributed by atoms with Gasteiger partial charge in [-0.15, -0.1) is 6.58 Å². The minimum atomic E-state index is -4.38. The normalized spacial score (nSPS) is 26.2. The highest BCUT2D eigenvalue weighted by molar-refractivity contribution is 5.89. The van der Waals surface area contributed by atoms with E-state index in [0.29, 0.717) is 17.8 Å². The maximum atomic E-state index is 12.6. The third-order valence-electron chi connectivity index (χ3n) is 5.27. The molecule has 2 aliphatic rings. The molecule has 2 heterocycles. The Hall–Kier alpha value is -2.02. The Morgan fingerprint density at radius 1 is 1.19 bits per heavy atom. The standard InChI is InChI=1S/C19H24F3N3O/c1-2-10-25-16-4-3-5-17(25)12-15(11-16)24-18(26)23-14-8-6-13(7-9-14)19(20,21)22/h2,6-9,15-17H,1,3-5,10-12H2,(H2,23,24,26). The first kappa shape index (κ1) is 18.8. The first-order valence-electron chi connectivity index (χ1n) is 8.98. The van der Waals surface area contributed by atoms with Crippen molar-refractivity contribution in [2.45, 2.75) is 56.4 Å². The maximum Gasteiger partial charge on any atom is 0.416 e. The van der Waals surface area contributed by atoms with Gasteiger partial charge >= 0.3 is 12.2 Å². The molecule has 2 atom stereocenters. The van der Waals surface area contributed by atoms with E-state index in [1.165, 1.54) is 18.6 Å². The summed E-state index contributed by atoms with van der Waals surface area (Å²) >= 11 is 0. The van der Waals surface area contributed by atoms with Crippen LogP contribution in [0.4, 0.5) is 23.7 Å². The highest BCUT2D eigenvalue weighted by Gasteiger charge is 2.38. The monoisotopic (exact) mass is 367 g/mol. The largest absolute Gasteiger partial charge is 0.416 e. The summed E-state index contributed by atoms with van der Waals surface area (Å²) in [6.07, 6.45) is 2.81. The minimum absolute atomic E-state index is 0.0841. The van der Waals surface area contributed by atoms with Crippen LogP contribution >= 0.6 is 0 Å². The number of carbonyl (C=O) groups excluding carboxylic acids is 1. The van der Waals surface area contributed by atoms with Crippen LogP contribution in [0, 0.1) is 0 Å². The van der Waals surface area contributed by atoms with Crippen molar-refractivity contribution >= 4 is 11.7 Å². The molecule has 1 aromatic carbocycles. The van der Waals surface area contributed by atoms with Crippen LogP contribution in [0.3, 0.4) is 0 Å². The van der Waals surface area contributed by atoms with Crippen molar-refractivity contribution in [2.75, 3.05) is 11.9 Å². The van der Waals surface area contributed by atoms with Crippen LogP contribution in [0.15, 0.2) is 36.9 Å². The summed E-state index contributed by atoms with van der Waals surface area (Å²) in [5.74, 6) is 0. The molecule has 7 heteroatoms. The molecule has 2 aliphatic heterocycles. The van der Waals surface area contributed by atoms with Gasteiger partial charge in [-0.25, -0.2) is 4.79 Å². The molecule has 2 N–H and O–H groups in total. The van der Waals surface area contributed by atoms with Crippen molar-refractivity contribution in [3.05, 3.63) is 42.5 Å². The van der Waals surface area contributed by atoms with Crippen molar-refractivity contribution in [1.82, 2.24) is 10.2 Å². The van der Waals surface area contributed by atoms with Crippen LogP contribution in [-0.4, -0.2) is 35.6 Å². The number of anilines is 1. The first-order valence-corrected chi connectivity index (χ1v) is 8.98. The molecule has 4 nitrogen and oxygen atoms in total. The zero-order chi connectivity index (χ0) is 18.7. The van der Waals surface area contributed by atoms with E-state index in [1.807, 2.05) is 6.08 Å². The summed E-state index contributed by atoms with van der Waals surface area (Å²) in [5, 5.41) is 5.60. The summed E-state index contributed by atoms with van der Waals surface area (Å²) in [5.41, 5.74) is -0.384. The number of alkyl halides is 3. The fourth-order valence-electron chi connectivity index (χ4n) is 4.14. The molecule has 26 heavy (non-hydrogen) atoms. The molecule has 2 fully saturated rings. The van der Waals surface area contributed by atoms with E-state index < -0.39 is 11.7 Å². The molecule has 2 saturated heterocycles. The van der Waals surface area contributed by atoms with Crippen molar-refractivity contribution < 1.29 is 18.0 Å². The Kier molecular flexibility index (Phi) is 5.55. The number of fused-ring (bicyclic) bond motifs is 2. The maximum absolute atomic E-state index is 12.6. The number of piperidine rings is 2. The lowest BCUT2D eigenvalue weighted by Gasteiger charge is -2.48. The average molecular weight is 367 g/mol. The smallest absolute Gasteiger partial charge is 0.335 e. The molecule has 2 unspecified atom stereocenters. The number of hydrogen-bond donors (Lipinski definition) is 2. The van der Waals surface area contributed by atoms with E-state index in [9.17, 15) is 18.0 Å². The Morgan fingerprint density at radius 2 is 1.81 bits per heavy atom. The van der Waals surface area contributed by atoms with E-state index >= 15 is 0 Å². The number of carbonyl (C=O) groups is 1. The average Bonchev–Trinajstić information content (AvgIpc) is 2.55. The Balaban J connectivity index is 1.55. The molecule has 0 spiro atoms. The number of hydrogen-bond acceptors (Lipinski definition) is 2. The molecule has 142 valence electrons. The molecule has 0 aromatic heterocycles. The molecular weight excluding hydrogens is 343 g/mol. The number of benzene rings is 1. The number of nitrogens with zero attached hydrogens (tertiary/aromatic N) is 1. The van der Waals surface area contributed by atoms with Gasteiger partial charge in [0.25, 0.3) is 0 Å². The van der Waals surface area contributed by atoms with Gasteiger partial charge in [0.2, 0.25) is 0 Å². The Morgan fingerprint density at radius 3 is 2.35 bits per heavy atom. The zero-order valence-electron chi connectivity index (χ0n) is 14.6. The third kappa shape index (κ3) is 4.38. The summed E-state index contributed by atoms with van der Waals surface area (Å²) in [6, 6.07) is 5.09. The summed E-state index contributed by atoms with van der Waals surface area (Å²) in [7, 11) is 0. The van der Waals surface area contributed by atoms with Gasteiger partial charge in [0.15, 0.2) is 0 Å². The van der Waals surface area contributed by atoms with Gasteiger partial charge in [-0.05, 0) is 49.9 Å². The molecule has 3 rings (SSSR count). The van der Waals surface area contributed by atoms with Gasteiger partial charge in [0, 0.05) is 30.4 Å². The number of halogens is 3. The van der Waals surface area contributed by atoms with Crippen molar-refractivity contribution in [2.24, 2.45) is 0 Å². The number of amides is 2. The van der Waals surface area contributed by atoms with Crippen LogP contribution in [0.1, 0.15) is 37.7 Å². The highest BCUT2D eigenvalue weighted by atomic mass is 19.4. The van der Waals surface area contributed by atoms with E-state index in [-0.39, 0.29) is 12.1 Å². The SMILES string of the molecule is C=CCN1C2CCCC1CC(NC(=O)Nc1ccc(C(F)(F)F)cc1)C2. The van der Waals surface area contributed by atoms with Gasteiger partial charge in [-0.2, -0.15) is 13.2 Å². The second kappa shape index (κ2) is 7.70. The fraction of sp³-hybridized carbons (Fsp3) is 0.526. The van der Waals surface area contributed by atoms with E-state index in [4.69, 9.17) is 0 Å². The van der Waals surface area contributed by atoms with E-state index in [0.717, 1.165) is 44.4 Å². The van der Waals surface area contributed by atoms with Crippen molar-refractivity contribution in [3.63, 3.8) is 0 Å². The van der Waals surface area contributed by atoms with Gasteiger partial charge in [0.1, 0.15) is 0 Å². The van der Waals surface area contributed by atoms with E-state index in [2.05, 4.69) is 22.1 Å². The minimum Gasteiger partial charge on any atom is -0.335 e. The fourth-order valence-corrected chi connectivity index (χ4v) is 4.14. The quantitative estimate of drug-likeness (QED) is 0.775. The molecular formula is C19H24F3N3O. The first-order chi connectivity index (χ1) is 12.4. The second-order valence-corrected chi connectivity index (χ2v) is 7.07. The van der Waals surface area contributed by atoms with Gasteiger partial charge in [0.05, 0.1) is 5.56 Å². The molecule has 2 bridgehead atoms. The molecule has 0 saturated carbocycles. The predicted octanol–water partition coefficient (Wildman–Crippen LogP) is 4.40. The second-order valence-electron chi connectivity index (χ2n) is 7.07. The van der Waals surface area contributed by atoms with Gasteiger partial charge < -0.3 is 10.6 Å². The Bertz CT molecular complexity index is 630. The van der Waals surface area contributed by atoms with Crippen LogP contribution in [0.25, 0.3) is 0 Å². The number of nitrogens with one attached hydrogen (secondary N) is 2. The molecule has 1 aromatic rings. The van der Waals surface area contributed by atoms with Gasteiger partial charge in [-0.3, -0.25) is 4.90 Å². The van der Waals surface area contributed by atoms with Crippen LogP contribution in [0.5, 0.6) is 0 Å². The highest BCUT2D eigenvalue weighted by Crippen LogP contribution is 2.34. The summed E-state index contributed by atoms with van der Waals surface area (Å²) in [6.45, 7) is 4.70. The lowest BCUT2D eigenvalue weighted by atomic mass is 9.82. The van der Waals surface area contributed by atoms with Crippen molar-refractivity contribution in [3.8, 4) is 0 Å². The number of urea groups is 1. The lowest BCUT2D eigenvalue weighted by molar-refractivity contribution is -0.137. The molecule has 0 radical (unpaired) electrons. The lowest BCUT2D eigenvalue weighted by Crippen LogP contribution is -2.57. The van der Waals surface area contributed by atoms with Gasteiger partial charge in [-0.1, -0.05) is 12.5 Å². The third-order valence-corrected chi connectivity index (χ3v) is 5.27. The van der Waals surface area contributed by atoms with Crippen LogP contribution < -0.4 is 10.6 Å².